The van der Waals surface area contributed by atoms with Crippen LogP contribution in [0.15, 0.2) is 83.7 Å². The SMILES string of the molecule is O=C(CNn1c(-c2ccccc2)nc2ccccc2c1=O)Nc1ccccc1Cl. The third-order valence-electron chi connectivity index (χ3n) is 4.35. The Hall–Kier alpha value is -3.64. The van der Waals surface area contributed by atoms with E-state index in [-0.39, 0.29) is 18.0 Å². The summed E-state index contributed by atoms with van der Waals surface area (Å²) in [7, 11) is 0. The van der Waals surface area contributed by atoms with E-state index in [4.69, 9.17) is 11.6 Å². The lowest BCUT2D eigenvalue weighted by Crippen LogP contribution is -2.36. The molecule has 0 aliphatic heterocycles. The Morgan fingerprint density at radius 3 is 2.41 bits per heavy atom. The van der Waals surface area contributed by atoms with Gasteiger partial charge in [-0.3, -0.25) is 9.59 Å². The summed E-state index contributed by atoms with van der Waals surface area (Å²) in [5.74, 6) is 0.0945. The molecule has 3 aromatic carbocycles. The van der Waals surface area contributed by atoms with Crippen LogP contribution in [0.4, 0.5) is 5.69 Å². The van der Waals surface area contributed by atoms with Gasteiger partial charge in [0.15, 0.2) is 5.82 Å². The molecule has 0 aliphatic carbocycles. The van der Waals surface area contributed by atoms with Gasteiger partial charge in [-0.1, -0.05) is 66.2 Å². The first-order chi connectivity index (χ1) is 14.1. The molecule has 7 heteroatoms. The lowest BCUT2D eigenvalue weighted by molar-refractivity contribution is -0.114. The maximum Gasteiger partial charge on any atom is 0.280 e. The second kappa shape index (κ2) is 8.16. The van der Waals surface area contributed by atoms with Gasteiger partial charge in [-0.05, 0) is 24.3 Å². The van der Waals surface area contributed by atoms with Crippen molar-refractivity contribution in [2.24, 2.45) is 0 Å². The number of rotatable bonds is 5. The summed E-state index contributed by atoms with van der Waals surface area (Å²) in [6, 6.07) is 23.4. The molecule has 0 unspecified atom stereocenters. The maximum absolute atomic E-state index is 13.1. The number of hydrogen-bond donors (Lipinski definition) is 2. The van der Waals surface area contributed by atoms with E-state index >= 15 is 0 Å². The predicted octanol–water partition coefficient (Wildman–Crippen LogP) is 3.90. The van der Waals surface area contributed by atoms with Crippen molar-refractivity contribution in [1.82, 2.24) is 9.66 Å². The lowest BCUT2D eigenvalue weighted by atomic mass is 10.2. The first-order valence-electron chi connectivity index (χ1n) is 8.99. The average molecular weight is 405 g/mol. The van der Waals surface area contributed by atoms with Crippen LogP contribution in [-0.4, -0.2) is 22.1 Å². The highest BCUT2D eigenvalue weighted by Crippen LogP contribution is 2.20. The number of fused-ring (bicyclic) bond motifs is 1. The van der Waals surface area contributed by atoms with E-state index in [0.717, 1.165) is 5.56 Å². The molecule has 4 aromatic rings. The van der Waals surface area contributed by atoms with E-state index < -0.39 is 0 Å². The third kappa shape index (κ3) is 3.97. The van der Waals surface area contributed by atoms with Crippen LogP contribution in [0.1, 0.15) is 0 Å². The highest BCUT2D eigenvalue weighted by Gasteiger charge is 2.14. The number of carbonyl (C=O) groups excluding carboxylic acids is 1. The van der Waals surface area contributed by atoms with Gasteiger partial charge in [0.2, 0.25) is 5.91 Å². The standard InChI is InChI=1S/C22H17ClN4O2/c23-17-11-5-7-13-19(17)25-20(28)14-24-27-21(15-8-2-1-3-9-15)26-18-12-6-4-10-16(18)22(27)29/h1-13,24H,14H2,(H,25,28). The zero-order valence-corrected chi connectivity index (χ0v) is 16.1. The molecule has 2 N–H and O–H groups in total. The first-order valence-corrected chi connectivity index (χ1v) is 9.37. The molecule has 0 saturated heterocycles. The third-order valence-corrected chi connectivity index (χ3v) is 4.68. The molecule has 1 aromatic heterocycles. The number of para-hydroxylation sites is 2. The lowest BCUT2D eigenvalue weighted by Gasteiger charge is -2.15. The van der Waals surface area contributed by atoms with Crippen molar-refractivity contribution in [2.45, 2.75) is 0 Å². The van der Waals surface area contributed by atoms with Crippen LogP contribution in [-0.2, 0) is 4.79 Å². The topological polar surface area (TPSA) is 76.0 Å². The Balaban J connectivity index is 1.67. The summed E-state index contributed by atoms with van der Waals surface area (Å²) in [6.07, 6.45) is 0. The van der Waals surface area contributed by atoms with Crippen LogP contribution < -0.4 is 16.3 Å². The number of halogens is 1. The smallest absolute Gasteiger partial charge is 0.280 e. The van der Waals surface area contributed by atoms with E-state index in [1.807, 2.05) is 36.4 Å². The fourth-order valence-corrected chi connectivity index (χ4v) is 3.15. The number of anilines is 1. The molecule has 1 heterocycles. The predicted molar refractivity (Wildman–Crippen MR) is 116 cm³/mol. The van der Waals surface area contributed by atoms with Crippen LogP contribution in [0.25, 0.3) is 22.3 Å². The van der Waals surface area contributed by atoms with Crippen molar-refractivity contribution in [1.29, 1.82) is 0 Å². The first kappa shape index (κ1) is 18.7. The monoisotopic (exact) mass is 404 g/mol. The molecule has 144 valence electrons. The van der Waals surface area contributed by atoms with Crippen molar-refractivity contribution in [3.05, 3.63) is 94.2 Å². The van der Waals surface area contributed by atoms with Crippen LogP contribution in [0.2, 0.25) is 5.02 Å². The van der Waals surface area contributed by atoms with Gasteiger partial charge in [-0.15, -0.1) is 0 Å². The van der Waals surface area contributed by atoms with Gasteiger partial charge in [0.05, 0.1) is 21.6 Å². The summed E-state index contributed by atoms with van der Waals surface area (Å²) >= 11 is 6.08. The Kier molecular flexibility index (Phi) is 5.27. The quantitative estimate of drug-likeness (QED) is 0.529. The number of hydrogen-bond acceptors (Lipinski definition) is 4. The second-order valence-corrected chi connectivity index (χ2v) is 6.73. The van der Waals surface area contributed by atoms with Crippen LogP contribution >= 0.6 is 11.6 Å². The summed E-state index contributed by atoms with van der Waals surface area (Å²) in [4.78, 5) is 30.1. The van der Waals surface area contributed by atoms with Crippen LogP contribution in [0.3, 0.4) is 0 Å². The Morgan fingerprint density at radius 1 is 0.931 bits per heavy atom. The molecule has 0 radical (unpaired) electrons. The number of carbonyl (C=O) groups is 1. The van der Waals surface area contributed by atoms with Gasteiger partial charge in [-0.2, -0.15) is 0 Å². The van der Waals surface area contributed by atoms with Gasteiger partial charge in [0.25, 0.3) is 5.56 Å². The molecule has 0 spiro atoms. The van der Waals surface area contributed by atoms with Gasteiger partial charge < -0.3 is 10.7 Å². The van der Waals surface area contributed by atoms with E-state index in [1.165, 1.54) is 4.68 Å². The molecular weight excluding hydrogens is 388 g/mol. The van der Waals surface area contributed by atoms with Gasteiger partial charge in [0.1, 0.15) is 6.54 Å². The molecule has 0 atom stereocenters. The molecule has 0 bridgehead atoms. The molecular formula is C22H17ClN4O2. The molecule has 1 amide bonds. The fourth-order valence-electron chi connectivity index (χ4n) is 2.97. The van der Waals surface area contributed by atoms with Gasteiger partial charge in [0, 0.05) is 5.56 Å². The molecule has 0 saturated carbocycles. The molecule has 0 aliphatic rings. The Labute approximate surface area is 171 Å². The van der Waals surface area contributed by atoms with Crippen molar-refractivity contribution in [3.63, 3.8) is 0 Å². The number of aromatic nitrogens is 2. The van der Waals surface area contributed by atoms with Crippen LogP contribution in [0, 0.1) is 0 Å². The number of amides is 1. The van der Waals surface area contributed by atoms with Crippen molar-refractivity contribution >= 4 is 34.1 Å². The van der Waals surface area contributed by atoms with Crippen molar-refractivity contribution in [2.75, 3.05) is 17.3 Å². The maximum atomic E-state index is 13.1. The normalized spacial score (nSPS) is 10.7. The Morgan fingerprint density at radius 2 is 1.62 bits per heavy atom. The average Bonchev–Trinajstić information content (AvgIpc) is 2.75. The van der Waals surface area contributed by atoms with Gasteiger partial charge in [-0.25, -0.2) is 9.66 Å². The van der Waals surface area contributed by atoms with Crippen LogP contribution in [0.5, 0.6) is 0 Å². The van der Waals surface area contributed by atoms with Crippen molar-refractivity contribution < 1.29 is 4.79 Å². The van der Waals surface area contributed by atoms with E-state index in [0.29, 0.717) is 27.4 Å². The highest BCUT2D eigenvalue weighted by molar-refractivity contribution is 6.33. The minimum atomic E-state index is -0.336. The fraction of sp³-hybridized carbons (Fsp3) is 0.0455. The van der Waals surface area contributed by atoms with E-state index in [9.17, 15) is 9.59 Å². The molecule has 0 fully saturated rings. The highest BCUT2D eigenvalue weighted by atomic mass is 35.5. The summed E-state index contributed by atoms with van der Waals surface area (Å²) in [5.41, 5.74) is 4.48. The van der Waals surface area contributed by atoms with Crippen molar-refractivity contribution in [3.8, 4) is 11.4 Å². The summed E-state index contributed by atoms with van der Waals surface area (Å²) in [6.45, 7) is -0.134. The molecule has 4 rings (SSSR count). The summed E-state index contributed by atoms with van der Waals surface area (Å²) < 4.78 is 1.31. The largest absolute Gasteiger partial charge is 0.323 e. The number of nitrogens with zero attached hydrogens (tertiary/aromatic N) is 2. The van der Waals surface area contributed by atoms with Gasteiger partial charge >= 0.3 is 0 Å². The van der Waals surface area contributed by atoms with E-state index in [2.05, 4.69) is 15.7 Å². The molecule has 6 nitrogen and oxygen atoms in total. The van der Waals surface area contributed by atoms with E-state index in [1.54, 1.807) is 42.5 Å². The summed E-state index contributed by atoms with van der Waals surface area (Å²) in [5, 5.41) is 3.63. The zero-order valence-electron chi connectivity index (χ0n) is 15.3. The number of nitrogens with one attached hydrogen (secondary N) is 2. The minimum absolute atomic E-state index is 0.134. The molecule has 29 heavy (non-hydrogen) atoms. The minimum Gasteiger partial charge on any atom is -0.323 e. The zero-order chi connectivity index (χ0) is 20.2. The Bertz CT molecular complexity index is 1240. The second-order valence-electron chi connectivity index (χ2n) is 6.32. The number of benzene rings is 3.